The second kappa shape index (κ2) is 5.74. The van der Waals surface area contributed by atoms with Crippen LogP contribution in [-0.2, 0) is 6.42 Å². The maximum Gasteiger partial charge on any atom is 0.192 e. The molecule has 3 aromatic rings. The first-order chi connectivity index (χ1) is 10.7. The van der Waals surface area contributed by atoms with Gasteiger partial charge >= 0.3 is 0 Å². The minimum Gasteiger partial charge on any atom is -0.497 e. The van der Waals surface area contributed by atoms with Crippen molar-refractivity contribution < 1.29 is 9.15 Å². The van der Waals surface area contributed by atoms with Crippen LogP contribution in [0.25, 0.3) is 11.0 Å². The van der Waals surface area contributed by atoms with E-state index in [-0.39, 0.29) is 5.43 Å². The van der Waals surface area contributed by atoms with Gasteiger partial charge in [-0.3, -0.25) is 4.79 Å². The Balaban J connectivity index is 1.99. The molecular formula is C18H13NO3. The van der Waals surface area contributed by atoms with E-state index in [1.807, 2.05) is 30.3 Å². The molecule has 0 fully saturated rings. The molecule has 0 spiro atoms. The minimum atomic E-state index is -0.103. The van der Waals surface area contributed by atoms with Crippen LogP contribution in [0.4, 0.5) is 0 Å². The third kappa shape index (κ3) is 2.70. The van der Waals surface area contributed by atoms with E-state index in [4.69, 9.17) is 14.4 Å². The summed E-state index contributed by atoms with van der Waals surface area (Å²) >= 11 is 0. The van der Waals surface area contributed by atoms with E-state index in [0.717, 1.165) is 11.3 Å². The van der Waals surface area contributed by atoms with E-state index in [2.05, 4.69) is 0 Å². The predicted octanol–water partition coefficient (Wildman–Crippen LogP) is 3.26. The molecule has 1 heterocycles. The van der Waals surface area contributed by atoms with Gasteiger partial charge < -0.3 is 9.15 Å². The van der Waals surface area contributed by atoms with Crippen LogP contribution in [0, 0.1) is 11.3 Å². The van der Waals surface area contributed by atoms with Crippen LogP contribution in [0.5, 0.6) is 5.75 Å². The number of rotatable bonds is 3. The number of nitriles is 1. The Kier molecular flexibility index (Phi) is 3.63. The summed E-state index contributed by atoms with van der Waals surface area (Å²) < 4.78 is 10.9. The molecule has 0 radical (unpaired) electrons. The van der Waals surface area contributed by atoms with Crippen molar-refractivity contribution in [2.45, 2.75) is 6.42 Å². The molecule has 0 atom stereocenters. The van der Waals surface area contributed by atoms with E-state index < -0.39 is 0 Å². The first kappa shape index (κ1) is 13.9. The van der Waals surface area contributed by atoms with Crippen LogP contribution in [-0.4, -0.2) is 7.11 Å². The molecule has 108 valence electrons. The minimum absolute atomic E-state index is 0.103. The third-order valence-corrected chi connectivity index (χ3v) is 3.45. The topological polar surface area (TPSA) is 63.2 Å². The quantitative estimate of drug-likeness (QED) is 0.743. The van der Waals surface area contributed by atoms with Gasteiger partial charge in [-0.25, -0.2) is 0 Å². The van der Waals surface area contributed by atoms with Gasteiger partial charge in [0.1, 0.15) is 17.1 Å². The molecule has 0 unspecified atom stereocenters. The van der Waals surface area contributed by atoms with Crippen molar-refractivity contribution >= 4 is 11.0 Å². The van der Waals surface area contributed by atoms with Gasteiger partial charge in [-0.1, -0.05) is 12.1 Å². The molecule has 2 aromatic carbocycles. The second-order valence-electron chi connectivity index (χ2n) is 4.92. The largest absolute Gasteiger partial charge is 0.497 e. The Labute approximate surface area is 127 Å². The average molecular weight is 291 g/mol. The van der Waals surface area contributed by atoms with E-state index in [0.29, 0.717) is 28.7 Å². The van der Waals surface area contributed by atoms with Crippen LogP contribution < -0.4 is 10.2 Å². The summed E-state index contributed by atoms with van der Waals surface area (Å²) in [6, 6.07) is 15.9. The highest BCUT2D eigenvalue weighted by Crippen LogP contribution is 2.18. The first-order valence-corrected chi connectivity index (χ1v) is 6.79. The molecule has 4 nitrogen and oxygen atoms in total. The molecule has 0 aliphatic heterocycles. The summed E-state index contributed by atoms with van der Waals surface area (Å²) in [6.07, 6.45) is 0.506. The second-order valence-corrected chi connectivity index (χ2v) is 4.92. The Hall–Kier alpha value is -3.06. The summed E-state index contributed by atoms with van der Waals surface area (Å²) in [7, 11) is 1.62. The van der Waals surface area contributed by atoms with Gasteiger partial charge in [0.05, 0.1) is 24.1 Å². The molecule has 0 amide bonds. The molecule has 0 bridgehead atoms. The summed E-state index contributed by atoms with van der Waals surface area (Å²) in [6.45, 7) is 0. The fraction of sp³-hybridized carbons (Fsp3) is 0.111. The molecular weight excluding hydrogens is 278 g/mol. The lowest BCUT2D eigenvalue weighted by Crippen LogP contribution is -2.03. The lowest BCUT2D eigenvalue weighted by atomic mass is 10.1. The molecule has 22 heavy (non-hydrogen) atoms. The standard InChI is InChI=1S/C18H13NO3/c1-21-14-5-2-12(3-6-14)8-15-10-17(20)16-7-4-13(11-19)9-18(16)22-15/h2-7,9-10H,8H2,1H3. The Morgan fingerprint density at radius 2 is 1.91 bits per heavy atom. The smallest absolute Gasteiger partial charge is 0.192 e. The molecule has 3 rings (SSSR count). The van der Waals surface area contributed by atoms with E-state index in [1.165, 1.54) is 6.07 Å². The normalized spacial score (nSPS) is 10.4. The fourth-order valence-electron chi connectivity index (χ4n) is 2.31. The summed E-state index contributed by atoms with van der Waals surface area (Å²) in [5, 5.41) is 9.42. The van der Waals surface area contributed by atoms with Crippen LogP contribution in [0.2, 0.25) is 0 Å². The Morgan fingerprint density at radius 3 is 2.59 bits per heavy atom. The van der Waals surface area contributed by atoms with Crippen LogP contribution in [0.1, 0.15) is 16.9 Å². The van der Waals surface area contributed by atoms with Gasteiger partial charge in [0.15, 0.2) is 5.43 Å². The number of fused-ring (bicyclic) bond motifs is 1. The zero-order valence-corrected chi connectivity index (χ0v) is 12.0. The number of methoxy groups -OCH3 is 1. The van der Waals surface area contributed by atoms with Gasteiger partial charge in [0.2, 0.25) is 0 Å². The van der Waals surface area contributed by atoms with Gasteiger partial charge in [0.25, 0.3) is 0 Å². The summed E-state index contributed by atoms with van der Waals surface area (Å²) in [4.78, 5) is 12.1. The summed E-state index contributed by atoms with van der Waals surface area (Å²) in [5.41, 5.74) is 1.82. The van der Waals surface area contributed by atoms with Crippen molar-refractivity contribution in [1.29, 1.82) is 5.26 Å². The van der Waals surface area contributed by atoms with Gasteiger partial charge in [-0.15, -0.1) is 0 Å². The highest BCUT2D eigenvalue weighted by atomic mass is 16.5. The van der Waals surface area contributed by atoms with Crippen molar-refractivity contribution in [2.24, 2.45) is 0 Å². The van der Waals surface area contributed by atoms with Crippen LogP contribution >= 0.6 is 0 Å². The Morgan fingerprint density at radius 1 is 1.14 bits per heavy atom. The number of nitrogens with zero attached hydrogens (tertiary/aromatic N) is 1. The van der Waals surface area contributed by atoms with Gasteiger partial charge in [0, 0.05) is 12.5 Å². The number of ether oxygens (including phenoxy) is 1. The first-order valence-electron chi connectivity index (χ1n) is 6.79. The van der Waals surface area contributed by atoms with Gasteiger partial charge in [-0.2, -0.15) is 5.26 Å². The molecule has 4 heteroatoms. The van der Waals surface area contributed by atoms with Crippen LogP contribution in [0.15, 0.2) is 57.7 Å². The monoisotopic (exact) mass is 291 g/mol. The highest BCUT2D eigenvalue weighted by molar-refractivity contribution is 5.77. The molecule has 0 N–H and O–H groups in total. The maximum absolute atomic E-state index is 12.1. The zero-order valence-electron chi connectivity index (χ0n) is 12.0. The summed E-state index contributed by atoms with van der Waals surface area (Å²) in [5.74, 6) is 1.35. The van der Waals surface area contributed by atoms with Gasteiger partial charge in [-0.05, 0) is 35.9 Å². The molecule has 0 saturated carbocycles. The van der Waals surface area contributed by atoms with Crippen molar-refractivity contribution in [2.75, 3.05) is 7.11 Å². The van der Waals surface area contributed by atoms with E-state index in [1.54, 1.807) is 25.3 Å². The maximum atomic E-state index is 12.1. The molecule has 0 aliphatic rings. The average Bonchev–Trinajstić information content (AvgIpc) is 2.55. The number of hydrogen-bond donors (Lipinski definition) is 0. The SMILES string of the molecule is COc1ccc(Cc2cc(=O)c3ccc(C#N)cc3o2)cc1. The van der Waals surface area contributed by atoms with Crippen molar-refractivity contribution in [3.05, 3.63) is 75.6 Å². The number of benzene rings is 2. The zero-order chi connectivity index (χ0) is 15.5. The third-order valence-electron chi connectivity index (χ3n) is 3.45. The Bertz CT molecular complexity index is 918. The van der Waals surface area contributed by atoms with Crippen molar-refractivity contribution in [3.8, 4) is 11.8 Å². The molecule has 1 aromatic heterocycles. The van der Waals surface area contributed by atoms with Crippen molar-refractivity contribution in [3.63, 3.8) is 0 Å². The predicted molar refractivity (Wildman–Crippen MR) is 83.0 cm³/mol. The molecule has 0 aliphatic carbocycles. The van der Waals surface area contributed by atoms with E-state index in [9.17, 15) is 4.79 Å². The lowest BCUT2D eigenvalue weighted by molar-refractivity contribution is 0.414. The highest BCUT2D eigenvalue weighted by Gasteiger charge is 2.07. The fourth-order valence-corrected chi connectivity index (χ4v) is 2.31. The number of hydrogen-bond acceptors (Lipinski definition) is 4. The van der Waals surface area contributed by atoms with Crippen LogP contribution in [0.3, 0.4) is 0 Å². The van der Waals surface area contributed by atoms with E-state index >= 15 is 0 Å². The lowest BCUT2D eigenvalue weighted by Gasteiger charge is -2.05. The molecule has 0 saturated heterocycles. The van der Waals surface area contributed by atoms with Crippen molar-refractivity contribution in [1.82, 2.24) is 0 Å².